The number of hydrogen-bond acceptors (Lipinski definition) is 4. The molecule has 1 atom stereocenters. The van der Waals surface area contributed by atoms with Crippen molar-refractivity contribution in [1.82, 2.24) is 20.1 Å². The Kier molecular flexibility index (Phi) is 5.13. The van der Waals surface area contributed by atoms with Gasteiger partial charge < -0.3 is 15.0 Å². The Morgan fingerprint density at radius 1 is 1.44 bits per heavy atom. The Labute approximate surface area is 109 Å². The van der Waals surface area contributed by atoms with Crippen LogP contribution in [0, 0.1) is 5.92 Å². The number of aryl methyl sites for hydroxylation is 1. The third-order valence-electron chi connectivity index (χ3n) is 3.99. The largest absolute Gasteiger partial charge is 0.396 e. The van der Waals surface area contributed by atoms with Crippen LogP contribution in [0.4, 0.5) is 0 Å². The quantitative estimate of drug-likeness (QED) is 0.799. The zero-order valence-corrected chi connectivity index (χ0v) is 11.2. The molecule has 1 aromatic heterocycles. The molecule has 1 fully saturated rings. The van der Waals surface area contributed by atoms with E-state index in [-0.39, 0.29) is 6.61 Å². The highest BCUT2D eigenvalue weighted by Crippen LogP contribution is 2.27. The lowest BCUT2D eigenvalue weighted by molar-refractivity contribution is 0.204. The van der Waals surface area contributed by atoms with Crippen LogP contribution < -0.4 is 5.32 Å². The minimum absolute atomic E-state index is 0.257. The first-order valence-corrected chi connectivity index (χ1v) is 6.98. The highest BCUT2D eigenvalue weighted by molar-refractivity contribution is 4.86. The van der Waals surface area contributed by atoms with Gasteiger partial charge in [0.25, 0.3) is 0 Å². The molecule has 5 nitrogen and oxygen atoms in total. The van der Waals surface area contributed by atoms with Crippen LogP contribution in [0.25, 0.3) is 0 Å². The van der Waals surface area contributed by atoms with Crippen molar-refractivity contribution < 1.29 is 5.11 Å². The molecular weight excluding hydrogens is 228 g/mol. The number of hydrogen-bond donors (Lipinski definition) is 2. The zero-order valence-electron chi connectivity index (χ0n) is 11.2. The van der Waals surface area contributed by atoms with E-state index in [1.165, 1.54) is 32.1 Å². The van der Waals surface area contributed by atoms with Crippen molar-refractivity contribution in [2.45, 2.75) is 51.1 Å². The third-order valence-corrected chi connectivity index (χ3v) is 3.99. The minimum atomic E-state index is 0.257. The Hall–Kier alpha value is -0.940. The SMILES string of the molecule is Cn1cnnc1CN[C@H](CCO)C1CCCCC1. The summed E-state index contributed by atoms with van der Waals surface area (Å²) in [5.41, 5.74) is 0. The third kappa shape index (κ3) is 3.53. The number of rotatable bonds is 6. The summed E-state index contributed by atoms with van der Waals surface area (Å²) in [6.07, 6.45) is 9.16. The Bertz CT molecular complexity index is 347. The van der Waals surface area contributed by atoms with E-state index < -0.39 is 0 Å². The highest BCUT2D eigenvalue weighted by Gasteiger charge is 2.23. The predicted molar refractivity (Wildman–Crippen MR) is 69.9 cm³/mol. The normalized spacial score (nSPS) is 19.0. The predicted octanol–water partition coefficient (Wildman–Crippen LogP) is 1.24. The van der Waals surface area contributed by atoms with Gasteiger partial charge >= 0.3 is 0 Å². The van der Waals surface area contributed by atoms with Gasteiger partial charge in [0.1, 0.15) is 12.2 Å². The first-order chi connectivity index (χ1) is 8.81. The van der Waals surface area contributed by atoms with Gasteiger partial charge in [-0.1, -0.05) is 19.3 Å². The van der Waals surface area contributed by atoms with Crippen molar-refractivity contribution in [3.05, 3.63) is 12.2 Å². The lowest BCUT2D eigenvalue weighted by atomic mass is 9.83. The lowest BCUT2D eigenvalue weighted by Gasteiger charge is -2.30. The van der Waals surface area contributed by atoms with E-state index in [9.17, 15) is 5.11 Å². The fourth-order valence-corrected chi connectivity index (χ4v) is 2.87. The molecule has 0 aromatic carbocycles. The first-order valence-electron chi connectivity index (χ1n) is 6.98. The number of aromatic nitrogens is 3. The number of aliphatic hydroxyl groups excluding tert-OH is 1. The summed E-state index contributed by atoms with van der Waals surface area (Å²) in [6.45, 7) is 0.991. The van der Waals surface area contributed by atoms with Gasteiger partial charge in [0.15, 0.2) is 0 Å². The molecule has 1 aliphatic rings. The van der Waals surface area contributed by atoms with Crippen LogP contribution in [0.2, 0.25) is 0 Å². The van der Waals surface area contributed by atoms with Crippen molar-refractivity contribution in [2.75, 3.05) is 6.61 Å². The van der Waals surface area contributed by atoms with Gasteiger partial charge in [-0.3, -0.25) is 0 Å². The second kappa shape index (κ2) is 6.85. The van der Waals surface area contributed by atoms with E-state index in [1.54, 1.807) is 6.33 Å². The topological polar surface area (TPSA) is 63.0 Å². The minimum Gasteiger partial charge on any atom is -0.396 e. The molecule has 5 heteroatoms. The second-order valence-corrected chi connectivity index (χ2v) is 5.26. The van der Waals surface area contributed by atoms with Crippen molar-refractivity contribution in [1.29, 1.82) is 0 Å². The monoisotopic (exact) mass is 252 g/mol. The van der Waals surface area contributed by atoms with Gasteiger partial charge in [-0.25, -0.2) is 0 Å². The van der Waals surface area contributed by atoms with E-state index in [0.29, 0.717) is 12.0 Å². The van der Waals surface area contributed by atoms with Gasteiger partial charge in [0.2, 0.25) is 0 Å². The summed E-state index contributed by atoms with van der Waals surface area (Å²) in [6, 6.07) is 0.409. The number of nitrogens with zero attached hydrogens (tertiary/aromatic N) is 3. The Balaban J connectivity index is 1.87. The highest BCUT2D eigenvalue weighted by atomic mass is 16.3. The molecule has 1 heterocycles. The summed E-state index contributed by atoms with van der Waals surface area (Å²) in [5.74, 6) is 1.66. The molecule has 0 amide bonds. The molecular formula is C13H24N4O. The van der Waals surface area contributed by atoms with E-state index in [1.807, 2.05) is 11.6 Å². The van der Waals surface area contributed by atoms with Crippen LogP contribution in [0.15, 0.2) is 6.33 Å². The van der Waals surface area contributed by atoms with Crippen LogP contribution in [0.1, 0.15) is 44.3 Å². The number of aliphatic hydroxyl groups is 1. The van der Waals surface area contributed by atoms with Gasteiger partial charge in [-0.2, -0.15) is 0 Å². The summed E-state index contributed by atoms with van der Waals surface area (Å²) >= 11 is 0. The van der Waals surface area contributed by atoms with Crippen LogP contribution >= 0.6 is 0 Å². The molecule has 1 aromatic rings. The fourth-order valence-electron chi connectivity index (χ4n) is 2.87. The molecule has 2 N–H and O–H groups in total. The van der Waals surface area contributed by atoms with Crippen molar-refractivity contribution in [2.24, 2.45) is 13.0 Å². The average Bonchev–Trinajstić information content (AvgIpc) is 2.81. The fraction of sp³-hybridized carbons (Fsp3) is 0.846. The average molecular weight is 252 g/mol. The first kappa shape index (κ1) is 13.5. The van der Waals surface area contributed by atoms with Crippen molar-refractivity contribution in [3.63, 3.8) is 0 Å². The standard InChI is InChI=1S/C13H24N4O/c1-17-10-15-16-13(17)9-14-12(7-8-18)11-5-3-2-4-6-11/h10-12,14,18H,2-9H2,1H3/t12-/m1/s1. The summed E-state index contributed by atoms with van der Waals surface area (Å²) < 4.78 is 1.93. The van der Waals surface area contributed by atoms with E-state index in [0.717, 1.165) is 18.8 Å². The van der Waals surface area contributed by atoms with Crippen molar-refractivity contribution in [3.8, 4) is 0 Å². The number of nitrogens with one attached hydrogen (secondary N) is 1. The summed E-state index contributed by atoms with van der Waals surface area (Å²) in [5, 5.41) is 20.7. The van der Waals surface area contributed by atoms with Gasteiger partial charge in [-0.05, 0) is 25.2 Å². The molecule has 0 aliphatic heterocycles. The Morgan fingerprint density at radius 2 is 2.22 bits per heavy atom. The zero-order chi connectivity index (χ0) is 12.8. The molecule has 18 heavy (non-hydrogen) atoms. The van der Waals surface area contributed by atoms with Crippen LogP contribution in [-0.2, 0) is 13.6 Å². The molecule has 2 rings (SSSR count). The molecule has 1 aliphatic carbocycles. The summed E-state index contributed by atoms with van der Waals surface area (Å²) in [4.78, 5) is 0. The van der Waals surface area contributed by atoms with Gasteiger partial charge in [0.05, 0.1) is 6.54 Å². The maximum Gasteiger partial charge on any atom is 0.146 e. The van der Waals surface area contributed by atoms with Gasteiger partial charge in [-0.15, -0.1) is 10.2 Å². The van der Waals surface area contributed by atoms with E-state index >= 15 is 0 Å². The molecule has 0 bridgehead atoms. The Morgan fingerprint density at radius 3 is 2.83 bits per heavy atom. The van der Waals surface area contributed by atoms with E-state index in [4.69, 9.17) is 0 Å². The van der Waals surface area contributed by atoms with Crippen molar-refractivity contribution >= 4 is 0 Å². The molecule has 0 unspecified atom stereocenters. The van der Waals surface area contributed by atoms with E-state index in [2.05, 4.69) is 15.5 Å². The van der Waals surface area contributed by atoms with Crippen LogP contribution in [-0.4, -0.2) is 32.5 Å². The molecule has 1 saturated carbocycles. The molecule has 0 saturated heterocycles. The van der Waals surface area contributed by atoms with Crippen LogP contribution in [0.5, 0.6) is 0 Å². The lowest BCUT2D eigenvalue weighted by Crippen LogP contribution is -2.38. The maximum atomic E-state index is 9.21. The maximum absolute atomic E-state index is 9.21. The molecule has 0 radical (unpaired) electrons. The second-order valence-electron chi connectivity index (χ2n) is 5.26. The van der Waals surface area contributed by atoms with Crippen LogP contribution in [0.3, 0.4) is 0 Å². The smallest absolute Gasteiger partial charge is 0.146 e. The molecule has 102 valence electrons. The van der Waals surface area contributed by atoms with Gasteiger partial charge in [0, 0.05) is 19.7 Å². The molecule has 0 spiro atoms. The summed E-state index contributed by atoms with van der Waals surface area (Å²) in [7, 11) is 1.96.